The second-order valence-corrected chi connectivity index (χ2v) is 6.89. The van der Waals surface area contributed by atoms with Crippen LogP contribution >= 0.6 is 0 Å². The monoisotopic (exact) mass is 360 g/mol. The first-order valence-corrected chi connectivity index (χ1v) is 8.54. The second-order valence-electron chi connectivity index (χ2n) is 6.89. The minimum absolute atomic E-state index is 0.174. The number of carboxylic acid groups (broad SMARTS) is 1. The maximum atomic E-state index is 11.8. The van der Waals surface area contributed by atoms with Gasteiger partial charge in [0.2, 0.25) is 0 Å². The van der Waals surface area contributed by atoms with E-state index in [0.29, 0.717) is 25.1 Å². The van der Waals surface area contributed by atoms with Gasteiger partial charge >= 0.3 is 12.0 Å². The number of hydrogen-bond donors (Lipinski definition) is 5. The quantitative estimate of drug-likeness (QED) is 0.513. The van der Waals surface area contributed by atoms with Crippen molar-refractivity contribution < 1.29 is 19.8 Å². The lowest BCUT2D eigenvalue weighted by Crippen LogP contribution is -2.72. The SMILES string of the molecule is CNC(=O)NCc1cccc(C2=C(C(=O)O)N3CC(C(C)O)[C@@]3(N)C2)c1. The standard InChI is InChI=1S/C18H24N4O4/c1-10(23)14-9-22-15(16(24)25)13(7-18(14,22)19)12-5-3-4-11(6-12)8-21-17(26)20-2/h3-6,10,14,23H,7-9,19H2,1-2H3,(H,24,25)(H2,20,21,26)/t10?,14?,18-/m1/s1. The van der Waals surface area contributed by atoms with E-state index in [9.17, 15) is 19.8 Å². The van der Waals surface area contributed by atoms with E-state index < -0.39 is 17.7 Å². The fourth-order valence-electron chi connectivity index (χ4n) is 3.86. The van der Waals surface area contributed by atoms with Crippen molar-refractivity contribution in [3.8, 4) is 0 Å². The number of hydrogen-bond acceptors (Lipinski definition) is 5. The van der Waals surface area contributed by atoms with Crippen molar-refractivity contribution in [2.45, 2.75) is 31.7 Å². The maximum Gasteiger partial charge on any atom is 0.352 e. The molecule has 8 nitrogen and oxygen atoms in total. The first-order valence-electron chi connectivity index (χ1n) is 8.54. The molecule has 0 spiro atoms. The lowest BCUT2D eigenvalue weighted by atomic mass is 9.77. The second kappa shape index (κ2) is 6.62. The van der Waals surface area contributed by atoms with Crippen LogP contribution in [0, 0.1) is 5.92 Å². The molecule has 0 aromatic heterocycles. The fourth-order valence-corrected chi connectivity index (χ4v) is 3.86. The Labute approximate surface area is 151 Å². The van der Waals surface area contributed by atoms with Gasteiger partial charge in [0, 0.05) is 32.5 Å². The minimum atomic E-state index is -1.02. The van der Waals surface area contributed by atoms with Gasteiger partial charge in [0.25, 0.3) is 0 Å². The zero-order valence-corrected chi connectivity index (χ0v) is 14.8. The van der Waals surface area contributed by atoms with Gasteiger partial charge in [-0.15, -0.1) is 0 Å². The third-order valence-electron chi connectivity index (χ3n) is 5.28. The van der Waals surface area contributed by atoms with E-state index in [2.05, 4.69) is 10.6 Å². The number of rotatable bonds is 5. The van der Waals surface area contributed by atoms with E-state index in [0.717, 1.165) is 11.1 Å². The predicted molar refractivity (Wildman–Crippen MR) is 95.7 cm³/mol. The third-order valence-corrected chi connectivity index (χ3v) is 5.28. The average molecular weight is 360 g/mol. The molecule has 1 aromatic rings. The van der Waals surface area contributed by atoms with Crippen LogP contribution in [0.1, 0.15) is 24.5 Å². The highest BCUT2D eigenvalue weighted by molar-refractivity contribution is 5.98. The molecule has 2 heterocycles. The smallest absolute Gasteiger partial charge is 0.352 e. The molecule has 0 bridgehead atoms. The predicted octanol–water partition coefficient (Wildman–Crippen LogP) is 0.283. The summed E-state index contributed by atoms with van der Waals surface area (Å²) < 4.78 is 0. The Kier molecular flexibility index (Phi) is 4.64. The van der Waals surface area contributed by atoms with Crippen molar-refractivity contribution in [3.05, 3.63) is 41.1 Å². The molecule has 3 rings (SSSR count). The average Bonchev–Trinajstić information content (AvgIpc) is 2.82. The molecule has 26 heavy (non-hydrogen) atoms. The van der Waals surface area contributed by atoms with Gasteiger partial charge < -0.3 is 31.5 Å². The van der Waals surface area contributed by atoms with Crippen molar-refractivity contribution in [2.75, 3.05) is 13.6 Å². The molecule has 0 aliphatic carbocycles. The number of aliphatic carboxylic acids is 1. The number of urea groups is 1. The molecular weight excluding hydrogens is 336 g/mol. The highest BCUT2D eigenvalue weighted by Gasteiger charge is 2.59. The summed E-state index contributed by atoms with van der Waals surface area (Å²) in [5.74, 6) is -1.20. The lowest BCUT2D eigenvalue weighted by molar-refractivity contribution is -0.142. The number of fused-ring (bicyclic) bond motifs is 1. The molecule has 1 aromatic carbocycles. The molecule has 2 unspecified atom stereocenters. The summed E-state index contributed by atoms with van der Waals surface area (Å²) in [4.78, 5) is 24.9. The molecule has 3 atom stereocenters. The number of aliphatic hydroxyl groups is 1. The van der Waals surface area contributed by atoms with Gasteiger partial charge in [-0.25, -0.2) is 9.59 Å². The summed E-state index contributed by atoms with van der Waals surface area (Å²) in [7, 11) is 1.54. The van der Waals surface area contributed by atoms with Crippen molar-refractivity contribution in [1.29, 1.82) is 0 Å². The Morgan fingerprint density at radius 2 is 2.19 bits per heavy atom. The van der Waals surface area contributed by atoms with Crippen LogP contribution in [-0.2, 0) is 11.3 Å². The number of nitrogens with one attached hydrogen (secondary N) is 2. The van der Waals surface area contributed by atoms with Crippen LogP contribution in [0.4, 0.5) is 4.79 Å². The number of carbonyl (C=O) groups excluding carboxylic acids is 1. The van der Waals surface area contributed by atoms with E-state index >= 15 is 0 Å². The molecule has 2 aliphatic heterocycles. The van der Waals surface area contributed by atoms with Crippen molar-refractivity contribution in [2.24, 2.45) is 11.7 Å². The molecule has 0 saturated carbocycles. The Hall–Kier alpha value is -2.58. The highest BCUT2D eigenvalue weighted by atomic mass is 16.4. The largest absolute Gasteiger partial charge is 0.477 e. The Bertz CT molecular complexity index is 776. The van der Waals surface area contributed by atoms with Crippen LogP contribution in [0.2, 0.25) is 0 Å². The molecule has 2 amide bonds. The Morgan fingerprint density at radius 1 is 1.46 bits per heavy atom. The molecule has 140 valence electrons. The fraction of sp³-hybridized carbons (Fsp3) is 0.444. The number of nitrogens with two attached hydrogens (primary N) is 1. The number of amides is 2. The molecule has 1 saturated heterocycles. The molecule has 0 radical (unpaired) electrons. The number of carbonyl (C=O) groups is 2. The zero-order valence-electron chi connectivity index (χ0n) is 14.8. The van der Waals surface area contributed by atoms with Crippen LogP contribution in [0.25, 0.3) is 5.57 Å². The van der Waals surface area contributed by atoms with Gasteiger partial charge in [0.15, 0.2) is 0 Å². The third kappa shape index (κ3) is 2.91. The van der Waals surface area contributed by atoms with E-state index in [1.165, 1.54) is 7.05 Å². The van der Waals surface area contributed by atoms with Gasteiger partial charge in [0.1, 0.15) is 5.70 Å². The molecule has 1 fully saturated rings. The molecule has 6 N–H and O–H groups in total. The van der Waals surface area contributed by atoms with Crippen molar-refractivity contribution >= 4 is 17.6 Å². The number of aliphatic hydroxyl groups excluding tert-OH is 1. The van der Waals surface area contributed by atoms with Crippen molar-refractivity contribution in [1.82, 2.24) is 15.5 Å². The molecule has 8 heteroatoms. The highest BCUT2D eigenvalue weighted by Crippen LogP contribution is 2.50. The van der Waals surface area contributed by atoms with Gasteiger partial charge in [-0.2, -0.15) is 0 Å². The zero-order chi connectivity index (χ0) is 19.1. The lowest BCUT2D eigenvalue weighted by Gasteiger charge is -2.55. The number of nitrogens with zero attached hydrogens (tertiary/aromatic N) is 1. The van der Waals surface area contributed by atoms with Crippen LogP contribution in [0.15, 0.2) is 30.0 Å². The first kappa shape index (κ1) is 18.2. The first-order chi connectivity index (χ1) is 12.3. The number of benzene rings is 1. The number of carboxylic acids is 1. The van der Waals surface area contributed by atoms with E-state index in [1.807, 2.05) is 24.3 Å². The Morgan fingerprint density at radius 3 is 2.81 bits per heavy atom. The van der Waals surface area contributed by atoms with E-state index in [1.54, 1.807) is 11.8 Å². The van der Waals surface area contributed by atoms with Gasteiger partial charge in [0.05, 0.1) is 11.8 Å². The topological polar surface area (TPSA) is 128 Å². The molecule has 2 aliphatic rings. The summed E-state index contributed by atoms with van der Waals surface area (Å²) in [6.45, 7) is 2.44. The minimum Gasteiger partial charge on any atom is -0.477 e. The van der Waals surface area contributed by atoms with Crippen molar-refractivity contribution in [3.63, 3.8) is 0 Å². The van der Waals surface area contributed by atoms with E-state index in [4.69, 9.17) is 5.73 Å². The van der Waals surface area contributed by atoms with Gasteiger partial charge in [-0.05, 0) is 29.7 Å². The maximum absolute atomic E-state index is 11.8. The summed E-state index contributed by atoms with van der Waals surface area (Å²) in [5.41, 5.74) is 8.07. The van der Waals surface area contributed by atoms with Gasteiger partial charge in [-0.3, -0.25) is 0 Å². The summed E-state index contributed by atoms with van der Waals surface area (Å²) >= 11 is 0. The van der Waals surface area contributed by atoms with Crippen LogP contribution in [0.3, 0.4) is 0 Å². The summed E-state index contributed by atoms with van der Waals surface area (Å²) in [5, 5.41) is 24.8. The van der Waals surface area contributed by atoms with Crippen LogP contribution < -0.4 is 16.4 Å². The molecular formula is C18H24N4O4. The van der Waals surface area contributed by atoms with Gasteiger partial charge in [-0.1, -0.05) is 18.2 Å². The summed E-state index contributed by atoms with van der Waals surface area (Å²) in [6, 6.07) is 7.11. The van der Waals surface area contributed by atoms with Crippen LogP contribution in [0.5, 0.6) is 0 Å². The Balaban J connectivity index is 1.90. The summed E-state index contributed by atoms with van der Waals surface area (Å²) in [6.07, 6.45) is -0.245. The van der Waals surface area contributed by atoms with E-state index in [-0.39, 0.29) is 17.6 Å². The van der Waals surface area contributed by atoms with Crippen LogP contribution in [-0.4, -0.2) is 52.5 Å². The normalized spacial score (nSPS) is 25.4.